The maximum Gasteiger partial charge on any atom is 0.168 e. The molecule has 1 aromatic rings. The van der Waals surface area contributed by atoms with Crippen molar-refractivity contribution in [3.05, 3.63) is 35.5 Å². The van der Waals surface area contributed by atoms with Crippen LogP contribution < -0.4 is 5.73 Å². The molecule has 0 atom stereocenters. The van der Waals surface area contributed by atoms with Crippen molar-refractivity contribution >= 4 is 5.57 Å². The van der Waals surface area contributed by atoms with Crippen molar-refractivity contribution in [2.45, 2.75) is 13.3 Å². The van der Waals surface area contributed by atoms with E-state index < -0.39 is 17.4 Å². The third kappa shape index (κ3) is 1.84. The highest BCUT2D eigenvalue weighted by Gasteiger charge is 2.12. The summed E-state index contributed by atoms with van der Waals surface area (Å²) < 4.78 is 25.7. The Labute approximate surface area is 80.7 Å². The molecule has 2 nitrogen and oxygen atoms in total. The molecule has 0 aliphatic rings. The molecule has 0 saturated heterocycles. The van der Waals surface area contributed by atoms with Crippen LogP contribution in [0.4, 0.5) is 8.78 Å². The number of hydrogen-bond acceptors (Lipinski definition) is 2. The fourth-order valence-corrected chi connectivity index (χ4v) is 1.21. The predicted molar refractivity (Wildman–Crippen MR) is 50.5 cm³/mol. The monoisotopic (exact) mass is 199 g/mol. The van der Waals surface area contributed by atoms with E-state index in [2.05, 4.69) is 0 Å². The van der Waals surface area contributed by atoms with Crippen LogP contribution in [-0.2, 0) is 0 Å². The third-order valence-electron chi connectivity index (χ3n) is 1.96. The zero-order chi connectivity index (χ0) is 10.7. The van der Waals surface area contributed by atoms with Gasteiger partial charge < -0.3 is 10.8 Å². The first kappa shape index (κ1) is 10.5. The van der Waals surface area contributed by atoms with Gasteiger partial charge in [0.15, 0.2) is 11.6 Å². The van der Waals surface area contributed by atoms with Crippen molar-refractivity contribution in [1.82, 2.24) is 0 Å². The van der Waals surface area contributed by atoms with Crippen LogP contribution in [0, 0.1) is 11.6 Å². The summed E-state index contributed by atoms with van der Waals surface area (Å²) >= 11 is 0. The molecule has 0 fully saturated rings. The Hall–Kier alpha value is -1.58. The zero-order valence-electron chi connectivity index (χ0n) is 7.72. The normalized spacial score (nSPS) is 11.8. The Morgan fingerprint density at radius 3 is 2.64 bits per heavy atom. The summed E-state index contributed by atoms with van der Waals surface area (Å²) in [5.41, 5.74) is 5.87. The van der Waals surface area contributed by atoms with E-state index in [1.54, 1.807) is 6.92 Å². The van der Waals surface area contributed by atoms with E-state index in [-0.39, 0.29) is 5.56 Å². The first-order valence-electron chi connectivity index (χ1n) is 4.19. The van der Waals surface area contributed by atoms with Crippen LogP contribution in [0.2, 0.25) is 0 Å². The van der Waals surface area contributed by atoms with Crippen LogP contribution >= 0.6 is 0 Å². The van der Waals surface area contributed by atoms with Gasteiger partial charge in [0.2, 0.25) is 0 Å². The standard InChI is InChI=1S/C10H11F2NO/c1-2-6(5-13)8-3-7(11)4-9(12)10(8)14/h3-5,14H,2,13H2,1H3/b6-5+. The highest BCUT2D eigenvalue weighted by atomic mass is 19.1. The van der Waals surface area contributed by atoms with Crippen LogP contribution in [0.1, 0.15) is 18.9 Å². The number of hydrogen-bond donors (Lipinski definition) is 2. The molecule has 76 valence electrons. The van der Waals surface area contributed by atoms with Gasteiger partial charge in [-0.05, 0) is 24.3 Å². The predicted octanol–water partition coefficient (Wildman–Crippen LogP) is 2.38. The number of phenols is 1. The van der Waals surface area contributed by atoms with Crippen molar-refractivity contribution in [2.24, 2.45) is 5.73 Å². The lowest BCUT2D eigenvalue weighted by Crippen LogP contribution is -1.93. The van der Waals surface area contributed by atoms with Gasteiger partial charge in [0.05, 0.1) is 0 Å². The van der Waals surface area contributed by atoms with Gasteiger partial charge in [0.25, 0.3) is 0 Å². The minimum absolute atomic E-state index is 0.104. The molecule has 0 heterocycles. The Morgan fingerprint density at radius 1 is 1.50 bits per heavy atom. The van der Waals surface area contributed by atoms with Crippen LogP contribution in [0.25, 0.3) is 5.57 Å². The summed E-state index contributed by atoms with van der Waals surface area (Å²) in [6, 6.07) is 1.68. The van der Waals surface area contributed by atoms with Gasteiger partial charge in [-0.3, -0.25) is 0 Å². The van der Waals surface area contributed by atoms with E-state index in [0.717, 1.165) is 6.07 Å². The highest BCUT2D eigenvalue weighted by molar-refractivity contribution is 5.69. The van der Waals surface area contributed by atoms with E-state index in [9.17, 15) is 13.9 Å². The van der Waals surface area contributed by atoms with E-state index >= 15 is 0 Å². The van der Waals surface area contributed by atoms with Gasteiger partial charge >= 0.3 is 0 Å². The van der Waals surface area contributed by atoms with E-state index in [4.69, 9.17) is 5.73 Å². The maximum absolute atomic E-state index is 12.9. The molecule has 0 aromatic heterocycles. The number of halogens is 2. The van der Waals surface area contributed by atoms with Crippen molar-refractivity contribution < 1.29 is 13.9 Å². The average Bonchev–Trinajstić information content (AvgIpc) is 2.15. The summed E-state index contributed by atoms with van der Waals surface area (Å²) in [6.07, 6.45) is 1.72. The third-order valence-corrected chi connectivity index (χ3v) is 1.96. The Morgan fingerprint density at radius 2 is 2.14 bits per heavy atom. The van der Waals surface area contributed by atoms with Crippen molar-refractivity contribution in [3.8, 4) is 5.75 Å². The van der Waals surface area contributed by atoms with Crippen molar-refractivity contribution in [3.63, 3.8) is 0 Å². The minimum Gasteiger partial charge on any atom is -0.504 e. The fraction of sp³-hybridized carbons (Fsp3) is 0.200. The molecule has 14 heavy (non-hydrogen) atoms. The topological polar surface area (TPSA) is 46.2 Å². The first-order valence-corrected chi connectivity index (χ1v) is 4.19. The van der Waals surface area contributed by atoms with Gasteiger partial charge in [-0.1, -0.05) is 6.92 Å². The quantitative estimate of drug-likeness (QED) is 0.768. The Bertz CT molecular complexity index is 375. The maximum atomic E-state index is 12.9. The highest BCUT2D eigenvalue weighted by Crippen LogP contribution is 2.29. The SMILES string of the molecule is CC/C(=C\N)c1cc(F)cc(F)c1O. The summed E-state index contributed by atoms with van der Waals surface area (Å²) in [5, 5.41) is 9.32. The van der Waals surface area contributed by atoms with Gasteiger partial charge in [0.1, 0.15) is 5.82 Å². The molecular formula is C10H11F2NO. The summed E-state index contributed by atoms with van der Waals surface area (Å²) in [4.78, 5) is 0. The van der Waals surface area contributed by atoms with Crippen LogP contribution in [-0.4, -0.2) is 5.11 Å². The number of nitrogens with two attached hydrogens (primary N) is 1. The van der Waals surface area contributed by atoms with Crippen LogP contribution in [0.5, 0.6) is 5.75 Å². The smallest absolute Gasteiger partial charge is 0.168 e. The first-order chi connectivity index (χ1) is 6.60. The van der Waals surface area contributed by atoms with Crippen LogP contribution in [0.15, 0.2) is 18.3 Å². The van der Waals surface area contributed by atoms with Gasteiger partial charge in [-0.25, -0.2) is 8.78 Å². The van der Waals surface area contributed by atoms with E-state index in [1.807, 2.05) is 0 Å². The molecular weight excluding hydrogens is 188 g/mol. The molecule has 1 aromatic carbocycles. The second kappa shape index (κ2) is 4.09. The number of rotatable bonds is 2. The molecule has 0 unspecified atom stereocenters. The summed E-state index contributed by atoms with van der Waals surface area (Å²) in [5.74, 6) is -2.28. The molecule has 0 radical (unpaired) electrons. The van der Waals surface area contributed by atoms with Gasteiger partial charge in [0, 0.05) is 11.6 Å². The largest absolute Gasteiger partial charge is 0.504 e. The molecule has 0 saturated carbocycles. The Kier molecular flexibility index (Phi) is 3.06. The molecule has 0 amide bonds. The van der Waals surface area contributed by atoms with Crippen molar-refractivity contribution in [1.29, 1.82) is 0 Å². The lowest BCUT2D eigenvalue weighted by atomic mass is 10.0. The van der Waals surface area contributed by atoms with Crippen LogP contribution in [0.3, 0.4) is 0 Å². The second-order valence-corrected chi connectivity index (χ2v) is 2.83. The lowest BCUT2D eigenvalue weighted by molar-refractivity contribution is 0.426. The molecule has 0 spiro atoms. The Balaban J connectivity index is 3.33. The number of benzene rings is 1. The fourth-order valence-electron chi connectivity index (χ4n) is 1.21. The van der Waals surface area contributed by atoms with E-state index in [0.29, 0.717) is 18.1 Å². The zero-order valence-corrected chi connectivity index (χ0v) is 7.72. The van der Waals surface area contributed by atoms with Gasteiger partial charge in [-0.15, -0.1) is 0 Å². The molecule has 3 N–H and O–H groups in total. The molecule has 0 bridgehead atoms. The van der Waals surface area contributed by atoms with Gasteiger partial charge in [-0.2, -0.15) is 0 Å². The summed E-state index contributed by atoms with van der Waals surface area (Å²) in [7, 11) is 0. The number of phenolic OH excluding ortho intramolecular Hbond substituents is 1. The average molecular weight is 199 g/mol. The minimum atomic E-state index is -0.979. The molecule has 1 rings (SSSR count). The number of allylic oxidation sites excluding steroid dienone is 1. The molecule has 4 heteroatoms. The van der Waals surface area contributed by atoms with E-state index in [1.165, 1.54) is 6.20 Å². The lowest BCUT2D eigenvalue weighted by Gasteiger charge is -2.07. The van der Waals surface area contributed by atoms with Crippen molar-refractivity contribution in [2.75, 3.05) is 0 Å². The molecule has 0 aliphatic carbocycles. The second-order valence-electron chi connectivity index (χ2n) is 2.83. The summed E-state index contributed by atoms with van der Waals surface area (Å²) in [6.45, 7) is 1.78. The number of aromatic hydroxyl groups is 1. The molecule has 0 aliphatic heterocycles.